The number of aromatic nitrogens is 4. The van der Waals surface area contributed by atoms with Crippen LogP contribution < -0.4 is 10.2 Å². The molecule has 3 aromatic heterocycles. The van der Waals surface area contributed by atoms with Crippen molar-refractivity contribution >= 4 is 29.2 Å². The zero-order valence-corrected chi connectivity index (χ0v) is 13.0. The number of pyridine rings is 2. The summed E-state index contributed by atoms with van der Waals surface area (Å²) in [6.45, 7) is 0. The summed E-state index contributed by atoms with van der Waals surface area (Å²) < 4.78 is 1.19. The number of carbonyl (C=O) groups excluding carboxylic acids is 1. The molecule has 1 amide bonds. The molecule has 3 aromatic rings. The standard InChI is InChI=1S/C15H14N6O3/c1-20(2)10-6-7-11-17-15(19-21(11)12(10)14(23)24)18-13(22)9-5-3-4-8-16-9/h3-8H,1-2H3,(H,23,24)(H,18,19,22). The number of nitrogens with one attached hydrogen (secondary N) is 1. The number of nitrogens with zero attached hydrogens (tertiary/aromatic N) is 5. The summed E-state index contributed by atoms with van der Waals surface area (Å²) in [7, 11) is 3.46. The van der Waals surface area contributed by atoms with E-state index in [1.807, 2.05) is 0 Å². The molecule has 24 heavy (non-hydrogen) atoms. The van der Waals surface area contributed by atoms with Crippen molar-refractivity contribution in [3.8, 4) is 0 Å². The van der Waals surface area contributed by atoms with Crippen LogP contribution in [0.1, 0.15) is 21.0 Å². The molecule has 9 nitrogen and oxygen atoms in total. The van der Waals surface area contributed by atoms with E-state index in [0.717, 1.165) is 0 Å². The molecule has 0 aliphatic rings. The molecule has 0 aliphatic heterocycles. The fourth-order valence-electron chi connectivity index (χ4n) is 2.21. The lowest BCUT2D eigenvalue weighted by Crippen LogP contribution is -2.18. The first-order chi connectivity index (χ1) is 11.5. The number of hydrogen-bond acceptors (Lipinski definition) is 6. The monoisotopic (exact) mass is 326 g/mol. The summed E-state index contributed by atoms with van der Waals surface area (Å²) >= 11 is 0. The molecular formula is C15H14N6O3. The van der Waals surface area contributed by atoms with Gasteiger partial charge in [-0.05, 0) is 24.3 Å². The zero-order valence-electron chi connectivity index (χ0n) is 13.0. The Hall–Kier alpha value is -3.49. The van der Waals surface area contributed by atoms with Crippen LogP contribution in [0.4, 0.5) is 11.6 Å². The van der Waals surface area contributed by atoms with E-state index in [4.69, 9.17) is 0 Å². The van der Waals surface area contributed by atoms with E-state index >= 15 is 0 Å². The van der Waals surface area contributed by atoms with Crippen molar-refractivity contribution in [2.45, 2.75) is 0 Å². The van der Waals surface area contributed by atoms with Crippen LogP contribution in [-0.2, 0) is 0 Å². The maximum Gasteiger partial charge on any atom is 0.356 e. The van der Waals surface area contributed by atoms with Gasteiger partial charge in [-0.15, -0.1) is 5.10 Å². The van der Waals surface area contributed by atoms with Crippen molar-refractivity contribution in [1.29, 1.82) is 0 Å². The highest BCUT2D eigenvalue weighted by atomic mass is 16.4. The van der Waals surface area contributed by atoms with Crippen molar-refractivity contribution in [3.05, 3.63) is 47.9 Å². The third kappa shape index (κ3) is 2.74. The molecule has 9 heteroatoms. The number of carbonyl (C=O) groups is 2. The number of carboxylic acid groups (broad SMARTS) is 1. The van der Waals surface area contributed by atoms with Crippen LogP contribution in [0, 0.1) is 0 Å². The second kappa shape index (κ2) is 5.95. The molecule has 0 aliphatic carbocycles. The van der Waals surface area contributed by atoms with E-state index in [1.165, 1.54) is 10.7 Å². The highest BCUT2D eigenvalue weighted by Crippen LogP contribution is 2.21. The first-order valence-corrected chi connectivity index (χ1v) is 7.00. The van der Waals surface area contributed by atoms with Crippen LogP contribution >= 0.6 is 0 Å². The highest BCUT2D eigenvalue weighted by Gasteiger charge is 2.20. The average molecular weight is 326 g/mol. The first-order valence-electron chi connectivity index (χ1n) is 7.00. The Morgan fingerprint density at radius 1 is 1.21 bits per heavy atom. The molecule has 2 N–H and O–H groups in total. The van der Waals surface area contributed by atoms with Crippen molar-refractivity contribution < 1.29 is 14.7 Å². The Morgan fingerprint density at radius 3 is 2.62 bits per heavy atom. The largest absolute Gasteiger partial charge is 0.476 e. The van der Waals surface area contributed by atoms with Crippen LogP contribution in [0.15, 0.2) is 36.5 Å². The molecule has 0 spiro atoms. The summed E-state index contributed by atoms with van der Waals surface area (Å²) in [6.07, 6.45) is 1.50. The molecule has 0 bridgehead atoms. The van der Waals surface area contributed by atoms with Gasteiger partial charge >= 0.3 is 5.97 Å². The Bertz CT molecular complexity index is 920. The molecule has 3 rings (SSSR count). The summed E-state index contributed by atoms with van der Waals surface area (Å²) in [5, 5.41) is 16.1. The SMILES string of the molecule is CN(C)c1ccc2nc(NC(=O)c3ccccn3)nn2c1C(=O)O. The number of amides is 1. The van der Waals surface area contributed by atoms with E-state index in [-0.39, 0.29) is 17.3 Å². The summed E-state index contributed by atoms with van der Waals surface area (Å²) in [5.74, 6) is -1.61. The van der Waals surface area contributed by atoms with Crippen molar-refractivity contribution in [1.82, 2.24) is 19.6 Å². The zero-order chi connectivity index (χ0) is 17.3. The first kappa shape index (κ1) is 15.4. The fourth-order valence-corrected chi connectivity index (χ4v) is 2.21. The predicted molar refractivity (Wildman–Crippen MR) is 86.5 cm³/mol. The minimum atomic E-state index is -1.14. The van der Waals surface area contributed by atoms with Crippen LogP contribution in [-0.4, -0.2) is 50.7 Å². The van der Waals surface area contributed by atoms with E-state index in [1.54, 1.807) is 49.3 Å². The van der Waals surface area contributed by atoms with Crippen LogP contribution in [0.5, 0.6) is 0 Å². The Balaban J connectivity index is 2.01. The van der Waals surface area contributed by atoms with E-state index in [0.29, 0.717) is 11.3 Å². The number of anilines is 2. The van der Waals surface area contributed by atoms with Gasteiger partial charge in [0, 0.05) is 20.3 Å². The number of rotatable bonds is 4. The minimum Gasteiger partial charge on any atom is -0.476 e. The lowest BCUT2D eigenvalue weighted by atomic mass is 10.2. The average Bonchev–Trinajstić information content (AvgIpc) is 2.96. The third-order valence-corrected chi connectivity index (χ3v) is 3.28. The summed E-state index contributed by atoms with van der Waals surface area (Å²) in [5.41, 5.74) is 0.962. The quantitative estimate of drug-likeness (QED) is 0.739. The van der Waals surface area contributed by atoms with Gasteiger partial charge in [-0.3, -0.25) is 15.1 Å². The Labute approximate surface area is 136 Å². The van der Waals surface area contributed by atoms with Gasteiger partial charge in [-0.2, -0.15) is 4.98 Å². The molecule has 0 saturated heterocycles. The molecule has 0 aromatic carbocycles. The van der Waals surface area contributed by atoms with Crippen molar-refractivity contribution in [2.24, 2.45) is 0 Å². The van der Waals surface area contributed by atoms with Gasteiger partial charge in [0.05, 0.1) is 5.69 Å². The fraction of sp³-hybridized carbons (Fsp3) is 0.133. The lowest BCUT2D eigenvalue weighted by molar-refractivity contribution is 0.0688. The molecule has 0 atom stereocenters. The smallest absolute Gasteiger partial charge is 0.356 e. The Morgan fingerprint density at radius 2 is 2.00 bits per heavy atom. The van der Waals surface area contributed by atoms with Crippen LogP contribution in [0.2, 0.25) is 0 Å². The number of fused-ring (bicyclic) bond motifs is 1. The van der Waals surface area contributed by atoms with E-state index in [9.17, 15) is 14.7 Å². The van der Waals surface area contributed by atoms with Gasteiger partial charge in [0.15, 0.2) is 11.3 Å². The summed E-state index contributed by atoms with van der Waals surface area (Å²) in [6, 6.07) is 8.20. The van der Waals surface area contributed by atoms with Gasteiger partial charge in [0.25, 0.3) is 5.91 Å². The minimum absolute atomic E-state index is 0.00376. The van der Waals surface area contributed by atoms with Gasteiger partial charge in [-0.1, -0.05) is 6.07 Å². The lowest BCUT2D eigenvalue weighted by Gasteiger charge is -2.15. The topological polar surface area (TPSA) is 113 Å². The second-order valence-corrected chi connectivity index (χ2v) is 5.14. The molecule has 122 valence electrons. The molecule has 0 saturated carbocycles. The molecule has 0 unspecified atom stereocenters. The molecule has 0 radical (unpaired) electrons. The van der Waals surface area contributed by atoms with Gasteiger partial charge in [0.1, 0.15) is 5.69 Å². The van der Waals surface area contributed by atoms with Gasteiger partial charge in [0.2, 0.25) is 5.95 Å². The molecule has 0 fully saturated rings. The highest BCUT2D eigenvalue weighted by molar-refractivity contribution is 6.02. The maximum atomic E-state index is 12.1. The second-order valence-electron chi connectivity index (χ2n) is 5.14. The van der Waals surface area contributed by atoms with Gasteiger partial charge in [-0.25, -0.2) is 9.31 Å². The van der Waals surface area contributed by atoms with Crippen molar-refractivity contribution in [2.75, 3.05) is 24.3 Å². The van der Waals surface area contributed by atoms with Crippen molar-refractivity contribution in [3.63, 3.8) is 0 Å². The Kier molecular flexibility index (Phi) is 3.82. The molecular weight excluding hydrogens is 312 g/mol. The van der Waals surface area contributed by atoms with E-state index < -0.39 is 11.9 Å². The normalized spacial score (nSPS) is 10.6. The predicted octanol–water partition coefficient (Wildman–Crippen LogP) is 1.14. The van der Waals surface area contributed by atoms with Gasteiger partial charge < -0.3 is 10.0 Å². The number of hydrogen-bond donors (Lipinski definition) is 2. The number of aromatic carboxylic acids is 1. The molecule has 3 heterocycles. The number of carboxylic acids is 1. The third-order valence-electron chi connectivity index (χ3n) is 3.28. The maximum absolute atomic E-state index is 12.1. The van der Waals surface area contributed by atoms with E-state index in [2.05, 4.69) is 20.4 Å². The summed E-state index contributed by atoms with van der Waals surface area (Å²) in [4.78, 5) is 33.4. The van der Waals surface area contributed by atoms with Crippen LogP contribution in [0.25, 0.3) is 5.65 Å². The van der Waals surface area contributed by atoms with Crippen LogP contribution in [0.3, 0.4) is 0 Å².